The van der Waals surface area contributed by atoms with Crippen molar-refractivity contribution in [2.24, 2.45) is 0 Å². The average molecular weight is 308 g/mol. The van der Waals surface area contributed by atoms with Crippen LogP contribution in [0, 0.1) is 0 Å². The minimum absolute atomic E-state index is 0.504. The molecule has 2 aromatic rings. The van der Waals surface area contributed by atoms with Crippen molar-refractivity contribution < 1.29 is 9.18 Å². The summed E-state index contributed by atoms with van der Waals surface area (Å²) in [7, 11) is 0. The van der Waals surface area contributed by atoms with Crippen molar-refractivity contribution in [3.8, 4) is 0 Å². The third-order valence-corrected chi connectivity index (χ3v) is 3.39. The van der Waals surface area contributed by atoms with Crippen LogP contribution in [0.15, 0.2) is 70.7 Å². The van der Waals surface area contributed by atoms with E-state index in [0.717, 1.165) is 17.8 Å². The molecule has 5 heteroatoms. The van der Waals surface area contributed by atoms with E-state index in [1.165, 1.54) is 0 Å². The first-order valence-corrected chi connectivity index (χ1v) is 6.99. The topological polar surface area (TPSA) is 29.1 Å². The van der Waals surface area contributed by atoms with Crippen LogP contribution in [-0.4, -0.2) is 5.91 Å². The third kappa shape index (κ3) is 4.72. The van der Waals surface area contributed by atoms with Crippen LogP contribution in [0.4, 0.5) is 10.1 Å². The molecule has 0 atom stereocenters. The highest BCUT2D eigenvalue weighted by Crippen LogP contribution is 2.28. The lowest BCUT2D eigenvalue weighted by molar-refractivity contribution is -0.112. The van der Waals surface area contributed by atoms with E-state index in [1.807, 2.05) is 6.07 Å². The SMILES string of the molecule is O=C(C=C(F)Sc1ccc(Cl)cc1)Nc1ccccc1. The van der Waals surface area contributed by atoms with Crippen LogP contribution in [0.5, 0.6) is 0 Å². The number of carbonyl (C=O) groups excluding carboxylic acids is 1. The zero-order valence-corrected chi connectivity index (χ0v) is 11.9. The number of halogens is 2. The number of hydrogen-bond donors (Lipinski definition) is 1. The van der Waals surface area contributed by atoms with Crippen molar-refractivity contribution in [3.63, 3.8) is 0 Å². The fraction of sp³-hybridized carbons (Fsp3) is 0. The number of benzene rings is 2. The summed E-state index contributed by atoms with van der Waals surface area (Å²) >= 11 is 6.61. The number of rotatable bonds is 4. The Morgan fingerprint density at radius 1 is 1.10 bits per heavy atom. The van der Waals surface area contributed by atoms with Crippen molar-refractivity contribution in [2.45, 2.75) is 4.90 Å². The van der Waals surface area contributed by atoms with E-state index in [1.54, 1.807) is 48.5 Å². The molecule has 1 amide bonds. The Hall–Kier alpha value is -1.78. The summed E-state index contributed by atoms with van der Waals surface area (Å²) in [4.78, 5) is 12.3. The average Bonchev–Trinajstić information content (AvgIpc) is 2.42. The van der Waals surface area contributed by atoms with Gasteiger partial charge in [-0.2, -0.15) is 4.39 Å². The van der Waals surface area contributed by atoms with Crippen molar-refractivity contribution in [2.75, 3.05) is 5.32 Å². The molecule has 0 saturated heterocycles. The number of para-hydroxylation sites is 1. The van der Waals surface area contributed by atoms with Gasteiger partial charge in [0.2, 0.25) is 0 Å². The van der Waals surface area contributed by atoms with Gasteiger partial charge in [0.15, 0.2) is 5.16 Å². The molecule has 1 N–H and O–H groups in total. The molecule has 0 bridgehead atoms. The molecule has 2 aromatic carbocycles. The number of thioether (sulfide) groups is 1. The maximum Gasteiger partial charge on any atom is 0.251 e. The van der Waals surface area contributed by atoms with Gasteiger partial charge in [-0.25, -0.2) is 0 Å². The van der Waals surface area contributed by atoms with E-state index in [9.17, 15) is 9.18 Å². The Morgan fingerprint density at radius 3 is 2.40 bits per heavy atom. The van der Waals surface area contributed by atoms with Crippen LogP contribution < -0.4 is 5.32 Å². The van der Waals surface area contributed by atoms with Crippen molar-refractivity contribution in [1.29, 1.82) is 0 Å². The van der Waals surface area contributed by atoms with Crippen molar-refractivity contribution in [3.05, 3.63) is 70.9 Å². The van der Waals surface area contributed by atoms with E-state index < -0.39 is 11.1 Å². The van der Waals surface area contributed by atoms with E-state index in [0.29, 0.717) is 15.6 Å². The summed E-state index contributed by atoms with van der Waals surface area (Å²) < 4.78 is 13.7. The van der Waals surface area contributed by atoms with E-state index in [-0.39, 0.29) is 0 Å². The lowest BCUT2D eigenvalue weighted by Gasteiger charge is -2.02. The zero-order valence-electron chi connectivity index (χ0n) is 10.3. The first-order valence-electron chi connectivity index (χ1n) is 5.80. The highest BCUT2D eigenvalue weighted by atomic mass is 35.5. The molecule has 0 fully saturated rings. The Balaban J connectivity index is 1.96. The highest BCUT2D eigenvalue weighted by molar-refractivity contribution is 8.02. The monoisotopic (exact) mass is 307 g/mol. The highest BCUT2D eigenvalue weighted by Gasteiger charge is 2.04. The van der Waals surface area contributed by atoms with Crippen molar-refractivity contribution >= 4 is 35.0 Å². The second kappa shape index (κ2) is 7.12. The number of anilines is 1. The summed E-state index contributed by atoms with van der Waals surface area (Å²) in [5.41, 5.74) is 0.623. The number of amides is 1. The smallest absolute Gasteiger partial charge is 0.251 e. The molecule has 20 heavy (non-hydrogen) atoms. The molecular formula is C15H11ClFNOS. The van der Waals surface area contributed by atoms with Gasteiger partial charge in [-0.05, 0) is 36.4 Å². The molecule has 0 aromatic heterocycles. The lowest BCUT2D eigenvalue weighted by atomic mass is 10.3. The van der Waals surface area contributed by atoms with Crippen LogP contribution in [0.1, 0.15) is 0 Å². The van der Waals surface area contributed by atoms with Gasteiger partial charge in [0.1, 0.15) is 0 Å². The van der Waals surface area contributed by atoms with Crippen LogP contribution in [0.25, 0.3) is 0 Å². The molecule has 102 valence electrons. The van der Waals surface area contributed by atoms with Gasteiger partial charge in [0.25, 0.3) is 5.91 Å². The molecule has 2 nitrogen and oxygen atoms in total. The second-order valence-corrected chi connectivity index (χ2v) is 5.36. The largest absolute Gasteiger partial charge is 0.322 e. The minimum Gasteiger partial charge on any atom is -0.322 e. The van der Waals surface area contributed by atoms with Gasteiger partial charge in [-0.1, -0.05) is 41.6 Å². The molecule has 0 aliphatic heterocycles. The zero-order chi connectivity index (χ0) is 14.4. The maximum atomic E-state index is 13.7. The van der Waals surface area contributed by atoms with E-state index >= 15 is 0 Å². The molecule has 0 radical (unpaired) electrons. The first-order chi connectivity index (χ1) is 9.63. The Kier molecular flexibility index (Phi) is 5.21. The maximum absolute atomic E-state index is 13.7. The van der Waals surface area contributed by atoms with Gasteiger partial charge < -0.3 is 5.32 Å². The Morgan fingerprint density at radius 2 is 1.75 bits per heavy atom. The van der Waals surface area contributed by atoms with Gasteiger partial charge in [0, 0.05) is 21.7 Å². The molecule has 0 saturated carbocycles. The van der Waals surface area contributed by atoms with Gasteiger partial charge in [-0.15, -0.1) is 0 Å². The van der Waals surface area contributed by atoms with Crippen molar-refractivity contribution in [1.82, 2.24) is 0 Å². The molecule has 0 unspecified atom stereocenters. The summed E-state index contributed by atoms with van der Waals surface area (Å²) in [5, 5.41) is 2.58. The number of carbonyl (C=O) groups is 1. The normalized spacial score (nSPS) is 11.2. The van der Waals surface area contributed by atoms with Gasteiger partial charge >= 0.3 is 0 Å². The molecule has 0 aliphatic rings. The van der Waals surface area contributed by atoms with Crippen LogP contribution >= 0.6 is 23.4 Å². The number of nitrogens with one attached hydrogen (secondary N) is 1. The lowest BCUT2D eigenvalue weighted by Crippen LogP contribution is -2.07. The molecular weight excluding hydrogens is 297 g/mol. The minimum atomic E-state index is -0.583. The quantitative estimate of drug-likeness (QED) is 0.644. The number of hydrogen-bond acceptors (Lipinski definition) is 2. The Bertz CT molecular complexity index is 614. The Labute approximate surface area is 125 Å². The molecule has 0 spiro atoms. The molecule has 0 heterocycles. The van der Waals surface area contributed by atoms with E-state index in [2.05, 4.69) is 5.32 Å². The molecule has 0 aliphatic carbocycles. The first kappa shape index (κ1) is 14.6. The van der Waals surface area contributed by atoms with E-state index in [4.69, 9.17) is 11.6 Å². The van der Waals surface area contributed by atoms with Crippen LogP contribution in [-0.2, 0) is 4.79 Å². The summed E-state index contributed by atoms with van der Waals surface area (Å²) in [6.45, 7) is 0. The fourth-order valence-corrected chi connectivity index (χ4v) is 2.24. The third-order valence-electron chi connectivity index (χ3n) is 2.31. The van der Waals surface area contributed by atoms with Gasteiger partial charge in [0.05, 0.1) is 0 Å². The van der Waals surface area contributed by atoms with Gasteiger partial charge in [-0.3, -0.25) is 4.79 Å². The fourth-order valence-electron chi connectivity index (χ4n) is 1.45. The predicted molar refractivity (Wildman–Crippen MR) is 81.6 cm³/mol. The summed E-state index contributed by atoms with van der Waals surface area (Å²) in [6, 6.07) is 15.6. The summed E-state index contributed by atoms with van der Waals surface area (Å²) in [6.07, 6.45) is 0.923. The standard InChI is InChI=1S/C15H11ClFNOS/c16-11-6-8-13(9-7-11)20-14(17)10-15(19)18-12-4-2-1-3-5-12/h1-10H,(H,18,19). The predicted octanol–water partition coefficient (Wildman–Crippen LogP) is 4.88. The van der Waals surface area contributed by atoms with Crippen LogP contribution in [0.2, 0.25) is 5.02 Å². The second-order valence-electron chi connectivity index (χ2n) is 3.86. The van der Waals surface area contributed by atoms with Crippen LogP contribution in [0.3, 0.4) is 0 Å². The summed E-state index contributed by atoms with van der Waals surface area (Å²) in [5.74, 6) is -0.504. The molecule has 2 rings (SSSR count).